The summed E-state index contributed by atoms with van der Waals surface area (Å²) in [6.45, 7) is 8.77. The highest BCUT2D eigenvalue weighted by atomic mass is 32.2. The van der Waals surface area contributed by atoms with Crippen LogP contribution in [-0.4, -0.2) is 19.9 Å². The number of hydrogen-bond acceptors (Lipinski definition) is 5. The van der Waals surface area contributed by atoms with Crippen LogP contribution in [0, 0.1) is 17.8 Å². The molecule has 0 radical (unpaired) electrons. The monoisotopic (exact) mass is 300 g/mol. The number of nitrogens with two attached hydrogens (primary N) is 1. The van der Waals surface area contributed by atoms with Gasteiger partial charge in [-0.1, -0.05) is 27.7 Å². The average Bonchev–Trinajstić information content (AvgIpc) is 2.37. The van der Waals surface area contributed by atoms with Crippen LogP contribution in [0.2, 0.25) is 0 Å². The number of aromatic nitrogens is 1. The van der Waals surface area contributed by atoms with Gasteiger partial charge in [0.25, 0.3) is 0 Å². The van der Waals surface area contributed by atoms with Crippen LogP contribution in [0.4, 0.5) is 5.82 Å². The lowest BCUT2D eigenvalue weighted by Crippen LogP contribution is -2.34. The van der Waals surface area contributed by atoms with Crippen LogP contribution in [0.15, 0.2) is 23.2 Å². The summed E-state index contributed by atoms with van der Waals surface area (Å²) in [6.07, 6.45) is 1.49. The minimum atomic E-state index is -3.62. The Kier molecular flexibility index (Phi) is 5.91. The highest BCUT2D eigenvalue weighted by molar-refractivity contribution is 7.89. The van der Waals surface area contributed by atoms with Gasteiger partial charge < -0.3 is 5.43 Å². The molecule has 0 saturated carbocycles. The minimum absolute atomic E-state index is 0.0637. The van der Waals surface area contributed by atoms with Gasteiger partial charge in [0.1, 0.15) is 4.90 Å². The molecule has 0 bridgehead atoms. The SMILES string of the molecule is CC(C)C(CNS(=O)(=O)c1cccnc1NN)C(C)C. The van der Waals surface area contributed by atoms with Crippen molar-refractivity contribution in [2.75, 3.05) is 12.0 Å². The van der Waals surface area contributed by atoms with Crippen molar-refractivity contribution < 1.29 is 8.42 Å². The lowest BCUT2D eigenvalue weighted by atomic mass is 9.86. The number of nitrogens with zero attached hydrogens (tertiary/aromatic N) is 1. The molecular formula is C13H24N4O2S. The first-order valence-electron chi connectivity index (χ1n) is 6.71. The Bertz CT molecular complexity index is 521. The number of nitrogen functional groups attached to an aromatic ring is 1. The van der Waals surface area contributed by atoms with Gasteiger partial charge in [0.15, 0.2) is 5.82 Å². The average molecular weight is 300 g/mol. The number of hydrazine groups is 1. The Hall–Kier alpha value is -1.18. The van der Waals surface area contributed by atoms with Gasteiger partial charge in [-0.2, -0.15) is 0 Å². The van der Waals surface area contributed by atoms with Crippen molar-refractivity contribution in [2.45, 2.75) is 32.6 Å². The summed E-state index contributed by atoms with van der Waals surface area (Å²) >= 11 is 0. The molecule has 0 spiro atoms. The molecule has 1 rings (SSSR count). The van der Waals surface area contributed by atoms with Crippen molar-refractivity contribution in [3.8, 4) is 0 Å². The van der Waals surface area contributed by atoms with Crippen molar-refractivity contribution in [3.05, 3.63) is 18.3 Å². The number of sulfonamides is 1. The fraction of sp³-hybridized carbons (Fsp3) is 0.615. The molecule has 0 aliphatic carbocycles. The molecule has 6 nitrogen and oxygen atoms in total. The molecule has 1 aromatic rings. The van der Waals surface area contributed by atoms with Crippen molar-refractivity contribution in [1.29, 1.82) is 0 Å². The van der Waals surface area contributed by atoms with E-state index in [0.29, 0.717) is 18.4 Å². The summed E-state index contributed by atoms with van der Waals surface area (Å²) in [6, 6.07) is 3.04. The van der Waals surface area contributed by atoms with Crippen LogP contribution >= 0.6 is 0 Å². The van der Waals surface area contributed by atoms with E-state index in [1.807, 2.05) is 0 Å². The highest BCUT2D eigenvalue weighted by Crippen LogP contribution is 2.21. The Morgan fingerprint density at radius 2 is 1.85 bits per heavy atom. The smallest absolute Gasteiger partial charge is 0.244 e. The maximum Gasteiger partial charge on any atom is 0.244 e. The van der Waals surface area contributed by atoms with Gasteiger partial charge in [-0.05, 0) is 29.9 Å². The molecule has 4 N–H and O–H groups in total. The molecule has 0 fully saturated rings. The number of anilines is 1. The Morgan fingerprint density at radius 1 is 1.25 bits per heavy atom. The second-order valence-corrected chi connectivity index (χ2v) is 7.23. The first kappa shape index (κ1) is 16.9. The molecule has 114 valence electrons. The predicted octanol–water partition coefficient (Wildman–Crippen LogP) is 1.57. The molecular weight excluding hydrogens is 276 g/mol. The second-order valence-electron chi connectivity index (χ2n) is 5.50. The Balaban J connectivity index is 2.90. The molecule has 0 aromatic carbocycles. The van der Waals surface area contributed by atoms with E-state index in [1.165, 1.54) is 12.3 Å². The Labute approximate surface area is 121 Å². The zero-order chi connectivity index (χ0) is 15.3. The van der Waals surface area contributed by atoms with Crippen molar-refractivity contribution in [3.63, 3.8) is 0 Å². The molecule has 0 unspecified atom stereocenters. The molecule has 0 saturated heterocycles. The summed E-state index contributed by atoms with van der Waals surface area (Å²) in [5.41, 5.74) is 2.30. The summed E-state index contributed by atoms with van der Waals surface area (Å²) in [5.74, 6) is 6.52. The Morgan fingerprint density at radius 3 is 2.35 bits per heavy atom. The maximum absolute atomic E-state index is 12.3. The van der Waals surface area contributed by atoms with E-state index in [0.717, 1.165) is 0 Å². The lowest BCUT2D eigenvalue weighted by Gasteiger charge is -2.25. The van der Waals surface area contributed by atoms with Gasteiger partial charge in [0.2, 0.25) is 10.0 Å². The number of hydrogen-bond donors (Lipinski definition) is 3. The van der Waals surface area contributed by atoms with Gasteiger partial charge in [0.05, 0.1) is 0 Å². The molecule has 0 atom stereocenters. The van der Waals surface area contributed by atoms with Gasteiger partial charge in [-0.3, -0.25) is 0 Å². The molecule has 7 heteroatoms. The lowest BCUT2D eigenvalue weighted by molar-refractivity contribution is 0.289. The standard InChI is InChI=1S/C13H24N4O2S/c1-9(2)11(10(3)4)8-16-20(18,19)12-6-5-7-15-13(12)17-14/h5-7,9-11,16H,8,14H2,1-4H3,(H,15,17). The van der Waals surface area contributed by atoms with E-state index in [4.69, 9.17) is 5.84 Å². The van der Waals surface area contributed by atoms with Crippen molar-refractivity contribution >= 4 is 15.8 Å². The van der Waals surface area contributed by atoms with Crippen LogP contribution in [0.5, 0.6) is 0 Å². The van der Waals surface area contributed by atoms with Crippen LogP contribution in [0.3, 0.4) is 0 Å². The van der Waals surface area contributed by atoms with E-state index in [-0.39, 0.29) is 16.6 Å². The predicted molar refractivity (Wildman–Crippen MR) is 80.4 cm³/mol. The van der Waals surface area contributed by atoms with E-state index in [1.54, 1.807) is 6.07 Å². The van der Waals surface area contributed by atoms with E-state index < -0.39 is 10.0 Å². The summed E-state index contributed by atoms with van der Waals surface area (Å²) in [7, 11) is -3.62. The van der Waals surface area contributed by atoms with Crippen molar-refractivity contribution in [2.24, 2.45) is 23.6 Å². The second kappa shape index (κ2) is 7.01. The number of pyridine rings is 1. The quantitative estimate of drug-likeness (QED) is 0.524. The first-order chi connectivity index (χ1) is 9.29. The molecule has 0 aliphatic heterocycles. The van der Waals surface area contributed by atoms with E-state index in [9.17, 15) is 8.42 Å². The fourth-order valence-corrected chi connectivity index (χ4v) is 3.43. The van der Waals surface area contributed by atoms with E-state index in [2.05, 4.69) is 42.8 Å². The largest absolute Gasteiger partial charge is 0.307 e. The topological polar surface area (TPSA) is 97.1 Å². The van der Waals surface area contributed by atoms with Crippen LogP contribution in [-0.2, 0) is 10.0 Å². The third kappa shape index (κ3) is 4.16. The number of rotatable bonds is 7. The van der Waals surface area contributed by atoms with Gasteiger partial charge in [-0.15, -0.1) is 0 Å². The first-order valence-corrected chi connectivity index (χ1v) is 8.19. The summed E-state index contributed by atoms with van der Waals surface area (Å²) in [4.78, 5) is 3.97. The van der Waals surface area contributed by atoms with Gasteiger partial charge in [0, 0.05) is 12.7 Å². The van der Waals surface area contributed by atoms with Crippen LogP contribution in [0.25, 0.3) is 0 Å². The third-order valence-corrected chi connectivity index (χ3v) is 4.87. The number of nitrogens with one attached hydrogen (secondary N) is 2. The zero-order valence-electron chi connectivity index (χ0n) is 12.4. The normalized spacial score (nSPS) is 12.4. The maximum atomic E-state index is 12.3. The minimum Gasteiger partial charge on any atom is -0.307 e. The van der Waals surface area contributed by atoms with Crippen LogP contribution < -0.4 is 16.0 Å². The molecule has 1 heterocycles. The molecule has 0 aliphatic rings. The van der Waals surface area contributed by atoms with Crippen molar-refractivity contribution in [1.82, 2.24) is 9.71 Å². The van der Waals surface area contributed by atoms with E-state index >= 15 is 0 Å². The molecule has 0 amide bonds. The van der Waals surface area contributed by atoms with Crippen LogP contribution in [0.1, 0.15) is 27.7 Å². The molecule has 20 heavy (non-hydrogen) atoms. The molecule has 1 aromatic heterocycles. The van der Waals surface area contributed by atoms with Gasteiger partial charge >= 0.3 is 0 Å². The van der Waals surface area contributed by atoms with Gasteiger partial charge in [-0.25, -0.2) is 24.0 Å². The third-order valence-electron chi connectivity index (χ3n) is 3.42. The highest BCUT2D eigenvalue weighted by Gasteiger charge is 2.23. The summed E-state index contributed by atoms with van der Waals surface area (Å²) in [5, 5.41) is 0. The summed E-state index contributed by atoms with van der Waals surface area (Å²) < 4.78 is 27.3. The zero-order valence-corrected chi connectivity index (χ0v) is 13.2. The fourth-order valence-electron chi connectivity index (χ4n) is 2.24.